The molecule has 0 aliphatic heterocycles. The van der Waals surface area contributed by atoms with Crippen molar-refractivity contribution in [1.29, 1.82) is 0 Å². The quantitative estimate of drug-likeness (QED) is 0.224. The van der Waals surface area contributed by atoms with E-state index >= 15 is 0 Å². The lowest BCUT2D eigenvalue weighted by Gasteiger charge is -2.24. The number of anilines is 2. The zero-order valence-electron chi connectivity index (χ0n) is 20.9. The minimum Gasteiger partial charge on any atom is -0.497 e. The fraction of sp³-hybridized carbons (Fsp3) is 0.107. The van der Waals surface area contributed by atoms with Gasteiger partial charge in [-0.2, -0.15) is 0 Å². The molecule has 11 heteroatoms. The number of ether oxygens (including phenoxy) is 3. The second-order valence-electron chi connectivity index (χ2n) is 8.11. The van der Waals surface area contributed by atoms with Crippen LogP contribution >= 0.6 is 23.2 Å². The molecule has 202 valence electrons. The number of para-hydroxylation sites is 2. The summed E-state index contributed by atoms with van der Waals surface area (Å²) >= 11 is 12.2. The van der Waals surface area contributed by atoms with Crippen LogP contribution in [0.3, 0.4) is 0 Å². The highest BCUT2D eigenvalue weighted by atomic mass is 35.5. The maximum atomic E-state index is 13.7. The molecule has 4 rings (SSSR count). The number of amides is 1. The van der Waals surface area contributed by atoms with Gasteiger partial charge in [0.1, 0.15) is 12.3 Å². The first kappa shape index (κ1) is 28.1. The molecule has 0 fully saturated rings. The molecule has 8 nitrogen and oxygen atoms in total. The molecular formula is C28H24Cl2N2O6S. The van der Waals surface area contributed by atoms with E-state index in [1.165, 1.54) is 56.7 Å². The van der Waals surface area contributed by atoms with Gasteiger partial charge in [-0.15, -0.1) is 0 Å². The Morgan fingerprint density at radius 2 is 1.44 bits per heavy atom. The number of hydrogen-bond acceptors (Lipinski definition) is 6. The molecule has 4 aromatic rings. The second kappa shape index (κ2) is 12.3. The highest BCUT2D eigenvalue weighted by Crippen LogP contribution is 2.36. The van der Waals surface area contributed by atoms with E-state index in [9.17, 15) is 13.2 Å². The summed E-state index contributed by atoms with van der Waals surface area (Å²) in [6, 6.07) is 23.7. The number of carbonyl (C=O) groups excluding carboxylic acids is 1. The lowest BCUT2D eigenvalue weighted by Crippen LogP contribution is -2.38. The van der Waals surface area contributed by atoms with Gasteiger partial charge in [-0.1, -0.05) is 35.3 Å². The van der Waals surface area contributed by atoms with Gasteiger partial charge in [-0.3, -0.25) is 9.10 Å². The highest BCUT2D eigenvalue weighted by Gasteiger charge is 2.28. The van der Waals surface area contributed by atoms with Crippen LogP contribution in [0.15, 0.2) is 95.9 Å². The lowest BCUT2D eigenvalue weighted by atomic mass is 10.2. The summed E-state index contributed by atoms with van der Waals surface area (Å²) in [6.07, 6.45) is 0. The first-order chi connectivity index (χ1) is 18.7. The van der Waals surface area contributed by atoms with Gasteiger partial charge in [0.05, 0.1) is 30.5 Å². The number of benzene rings is 4. The van der Waals surface area contributed by atoms with Crippen molar-refractivity contribution in [2.75, 3.05) is 30.4 Å². The summed E-state index contributed by atoms with van der Waals surface area (Å²) in [4.78, 5) is 13.3. The predicted molar refractivity (Wildman–Crippen MR) is 152 cm³/mol. The van der Waals surface area contributed by atoms with E-state index in [0.717, 1.165) is 4.31 Å². The van der Waals surface area contributed by atoms with Gasteiger partial charge >= 0.3 is 0 Å². The molecule has 0 spiro atoms. The summed E-state index contributed by atoms with van der Waals surface area (Å²) in [5.41, 5.74) is 0.498. The number of carbonyl (C=O) groups is 1. The van der Waals surface area contributed by atoms with E-state index in [1.807, 2.05) is 0 Å². The Morgan fingerprint density at radius 1 is 0.795 bits per heavy atom. The van der Waals surface area contributed by atoms with Crippen LogP contribution in [0, 0.1) is 0 Å². The molecule has 0 aliphatic carbocycles. The van der Waals surface area contributed by atoms with Crippen molar-refractivity contribution in [2.45, 2.75) is 4.90 Å². The first-order valence-electron chi connectivity index (χ1n) is 11.5. The van der Waals surface area contributed by atoms with Crippen molar-refractivity contribution < 1.29 is 27.4 Å². The summed E-state index contributed by atoms with van der Waals surface area (Å²) in [5, 5.41) is 3.49. The number of hydrogen-bond donors (Lipinski definition) is 1. The molecule has 0 aromatic heterocycles. The van der Waals surface area contributed by atoms with E-state index in [-0.39, 0.29) is 22.0 Å². The van der Waals surface area contributed by atoms with E-state index < -0.39 is 22.5 Å². The summed E-state index contributed by atoms with van der Waals surface area (Å²) in [7, 11) is -1.16. The third kappa shape index (κ3) is 6.75. The minimum absolute atomic E-state index is 0.0194. The largest absolute Gasteiger partial charge is 0.497 e. The van der Waals surface area contributed by atoms with Gasteiger partial charge in [0.2, 0.25) is 5.91 Å². The maximum absolute atomic E-state index is 13.7. The van der Waals surface area contributed by atoms with Crippen LogP contribution in [-0.2, 0) is 14.8 Å². The molecule has 39 heavy (non-hydrogen) atoms. The molecule has 0 radical (unpaired) electrons. The van der Waals surface area contributed by atoms with Crippen LogP contribution in [0.1, 0.15) is 0 Å². The molecule has 0 saturated heterocycles. The molecule has 0 saturated carbocycles. The number of nitrogens with one attached hydrogen (secondary N) is 1. The number of rotatable bonds is 10. The average Bonchev–Trinajstić information content (AvgIpc) is 2.94. The van der Waals surface area contributed by atoms with Gasteiger partial charge in [-0.25, -0.2) is 8.42 Å². The van der Waals surface area contributed by atoms with Crippen molar-refractivity contribution in [1.82, 2.24) is 0 Å². The van der Waals surface area contributed by atoms with Crippen molar-refractivity contribution >= 4 is 50.5 Å². The molecule has 1 N–H and O–H groups in total. The van der Waals surface area contributed by atoms with Crippen molar-refractivity contribution in [3.63, 3.8) is 0 Å². The summed E-state index contributed by atoms with van der Waals surface area (Å²) in [5.74, 6) is 1.06. The third-order valence-corrected chi connectivity index (χ3v) is 7.83. The van der Waals surface area contributed by atoms with Crippen LogP contribution in [0.2, 0.25) is 10.0 Å². The zero-order valence-corrected chi connectivity index (χ0v) is 23.3. The number of methoxy groups -OCH3 is 2. The third-order valence-electron chi connectivity index (χ3n) is 5.55. The van der Waals surface area contributed by atoms with Crippen LogP contribution in [0.4, 0.5) is 11.4 Å². The molecular weight excluding hydrogens is 563 g/mol. The highest BCUT2D eigenvalue weighted by molar-refractivity contribution is 7.92. The fourth-order valence-electron chi connectivity index (χ4n) is 3.63. The van der Waals surface area contributed by atoms with Crippen molar-refractivity contribution in [3.8, 4) is 23.0 Å². The van der Waals surface area contributed by atoms with E-state index in [1.54, 1.807) is 48.5 Å². The Labute approximate surface area is 236 Å². The first-order valence-corrected chi connectivity index (χ1v) is 13.7. The molecule has 1 amide bonds. The van der Waals surface area contributed by atoms with Crippen LogP contribution in [0.25, 0.3) is 0 Å². The summed E-state index contributed by atoms with van der Waals surface area (Å²) < 4.78 is 44.8. The van der Waals surface area contributed by atoms with Crippen molar-refractivity contribution in [3.05, 3.63) is 101 Å². The number of sulfonamides is 1. The van der Waals surface area contributed by atoms with Gasteiger partial charge in [0.25, 0.3) is 10.0 Å². The van der Waals surface area contributed by atoms with Gasteiger partial charge in [0, 0.05) is 10.0 Å². The smallest absolute Gasteiger partial charge is 0.264 e. The number of nitrogens with zero attached hydrogens (tertiary/aromatic N) is 1. The second-order valence-corrected chi connectivity index (χ2v) is 10.8. The van der Waals surface area contributed by atoms with E-state index in [2.05, 4.69) is 5.32 Å². The Bertz CT molecular complexity index is 1560. The van der Waals surface area contributed by atoms with Gasteiger partial charge in [0.15, 0.2) is 17.2 Å². The zero-order chi connectivity index (χ0) is 28.0. The SMILES string of the molecule is COc1ccc(S(=O)(=O)N(CC(=O)Nc2cc(Cl)ccc2Oc2ccccc2OC)c2ccc(Cl)cc2)cc1. The molecule has 4 aromatic carbocycles. The molecule has 0 heterocycles. The monoisotopic (exact) mass is 586 g/mol. The summed E-state index contributed by atoms with van der Waals surface area (Å²) in [6.45, 7) is -0.545. The molecule has 0 bridgehead atoms. The van der Waals surface area contributed by atoms with E-state index in [4.69, 9.17) is 37.4 Å². The fourth-order valence-corrected chi connectivity index (χ4v) is 5.35. The minimum atomic E-state index is -4.16. The molecule has 0 unspecified atom stereocenters. The van der Waals surface area contributed by atoms with Gasteiger partial charge in [-0.05, 0) is 78.9 Å². The Kier molecular flexibility index (Phi) is 8.86. The molecule has 0 atom stereocenters. The standard InChI is InChI=1S/C28H24Cl2N2O6S/c1-36-22-12-14-23(15-13-22)39(34,35)32(21-10-7-19(29)8-11-21)18-28(33)31-24-17-20(30)9-16-25(24)38-27-6-4-3-5-26(27)37-2/h3-17H,18H2,1-2H3,(H,31,33). The predicted octanol–water partition coefficient (Wildman–Crippen LogP) is 6.64. The maximum Gasteiger partial charge on any atom is 0.264 e. The van der Waals surface area contributed by atoms with Crippen LogP contribution in [-0.4, -0.2) is 35.1 Å². The Balaban J connectivity index is 1.64. The topological polar surface area (TPSA) is 94.2 Å². The Hall–Kier alpha value is -3.92. The van der Waals surface area contributed by atoms with Crippen molar-refractivity contribution in [2.24, 2.45) is 0 Å². The normalized spacial score (nSPS) is 11.0. The molecule has 0 aliphatic rings. The lowest BCUT2D eigenvalue weighted by molar-refractivity contribution is -0.114. The van der Waals surface area contributed by atoms with E-state index in [0.29, 0.717) is 27.3 Å². The number of halogens is 2. The van der Waals surface area contributed by atoms with Gasteiger partial charge < -0.3 is 19.5 Å². The van der Waals surface area contributed by atoms with Crippen LogP contribution in [0.5, 0.6) is 23.0 Å². The van der Waals surface area contributed by atoms with Crippen LogP contribution < -0.4 is 23.8 Å². The Morgan fingerprint density at radius 3 is 2.08 bits per heavy atom. The average molecular weight is 587 g/mol.